The van der Waals surface area contributed by atoms with E-state index in [1.807, 2.05) is 29.2 Å². The molecule has 2 aliphatic rings. The molecule has 0 bridgehead atoms. The normalized spacial score (nSPS) is 19.3. The van der Waals surface area contributed by atoms with Crippen molar-refractivity contribution < 1.29 is 14.3 Å². The Morgan fingerprint density at radius 3 is 2.12 bits per heavy atom. The standard InChI is InChI=1S/C20H29N3O3/c1-26-20(25)18-7-5-17(6-8-18)15-21-11-13-22(14-12-21)16-19(24)23-9-3-2-4-10-23/h5-8H,2-4,9-16H2,1H3. The highest BCUT2D eigenvalue weighted by atomic mass is 16.5. The van der Waals surface area contributed by atoms with Crippen LogP contribution in [-0.4, -0.2) is 79.5 Å². The van der Waals surface area contributed by atoms with Crippen molar-refractivity contribution in [2.24, 2.45) is 0 Å². The Balaban J connectivity index is 1.42. The molecule has 26 heavy (non-hydrogen) atoms. The van der Waals surface area contributed by atoms with Gasteiger partial charge in [0.15, 0.2) is 0 Å². The van der Waals surface area contributed by atoms with Gasteiger partial charge in [0.05, 0.1) is 19.2 Å². The minimum Gasteiger partial charge on any atom is -0.465 e. The number of carbonyl (C=O) groups is 2. The van der Waals surface area contributed by atoms with Crippen LogP contribution in [0.15, 0.2) is 24.3 Å². The van der Waals surface area contributed by atoms with E-state index in [1.54, 1.807) is 0 Å². The van der Waals surface area contributed by atoms with Crippen LogP contribution in [0.3, 0.4) is 0 Å². The fourth-order valence-corrected chi connectivity index (χ4v) is 3.66. The van der Waals surface area contributed by atoms with E-state index in [9.17, 15) is 9.59 Å². The minimum atomic E-state index is -0.302. The highest BCUT2D eigenvalue weighted by Crippen LogP contribution is 2.12. The average molecular weight is 359 g/mol. The number of amides is 1. The summed E-state index contributed by atoms with van der Waals surface area (Å²) >= 11 is 0. The predicted octanol–water partition coefficient (Wildman–Crippen LogP) is 1.60. The number of piperazine rings is 1. The molecule has 2 heterocycles. The van der Waals surface area contributed by atoms with E-state index < -0.39 is 0 Å². The first kappa shape index (κ1) is 18.9. The van der Waals surface area contributed by atoms with Gasteiger partial charge in [-0.05, 0) is 37.0 Å². The van der Waals surface area contributed by atoms with Crippen molar-refractivity contribution in [1.82, 2.24) is 14.7 Å². The molecule has 6 heteroatoms. The topological polar surface area (TPSA) is 53.1 Å². The summed E-state index contributed by atoms with van der Waals surface area (Å²) in [4.78, 5) is 30.6. The Morgan fingerprint density at radius 2 is 1.50 bits per heavy atom. The van der Waals surface area contributed by atoms with Gasteiger partial charge in [0.1, 0.15) is 0 Å². The van der Waals surface area contributed by atoms with Crippen molar-refractivity contribution in [3.05, 3.63) is 35.4 Å². The Labute approximate surface area is 155 Å². The molecule has 0 aromatic heterocycles. The average Bonchev–Trinajstić information content (AvgIpc) is 2.70. The third-order valence-electron chi connectivity index (χ3n) is 5.31. The van der Waals surface area contributed by atoms with Crippen LogP contribution in [0.25, 0.3) is 0 Å². The Bertz CT molecular complexity index is 603. The summed E-state index contributed by atoms with van der Waals surface area (Å²) in [6.07, 6.45) is 3.55. The second kappa shape index (κ2) is 9.14. The highest BCUT2D eigenvalue weighted by Gasteiger charge is 2.22. The van der Waals surface area contributed by atoms with Crippen molar-refractivity contribution >= 4 is 11.9 Å². The van der Waals surface area contributed by atoms with E-state index in [0.717, 1.165) is 58.7 Å². The predicted molar refractivity (Wildman–Crippen MR) is 99.9 cm³/mol. The summed E-state index contributed by atoms with van der Waals surface area (Å²) in [5, 5.41) is 0. The van der Waals surface area contributed by atoms with Crippen molar-refractivity contribution in [3.63, 3.8) is 0 Å². The maximum absolute atomic E-state index is 12.4. The van der Waals surface area contributed by atoms with E-state index in [2.05, 4.69) is 9.80 Å². The summed E-state index contributed by atoms with van der Waals surface area (Å²) < 4.78 is 4.73. The van der Waals surface area contributed by atoms with Gasteiger partial charge in [-0.2, -0.15) is 0 Å². The van der Waals surface area contributed by atoms with Crippen LogP contribution in [0.5, 0.6) is 0 Å². The number of carbonyl (C=O) groups excluding carboxylic acids is 2. The van der Waals surface area contributed by atoms with Crippen molar-refractivity contribution in [1.29, 1.82) is 0 Å². The number of benzene rings is 1. The van der Waals surface area contributed by atoms with Crippen LogP contribution in [0.2, 0.25) is 0 Å². The number of methoxy groups -OCH3 is 1. The third-order valence-corrected chi connectivity index (χ3v) is 5.31. The fourth-order valence-electron chi connectivity index (χ4n) is 3.66. The summed E-state index contributed by atoms with van der Waals surface area (Å²) in [6, 6.07) is 7.60. The van der Waals surface area contributed by atoms with Gasteiger partial charge in [0.25, 0.3) is 0 Å². The number of ether oxygens (including phenoxy) is 1. The van der Waals surface area contributed by atoms with E-state index in [0.29, 0.717) is 12.1 Å². The summed E-state index contributed by atoms with van der Waals surface area (Å²) in [5.41, 5.74) is 1.77. The molecule has 142 valence electrons. The molecule has 6 nitrogen and oxygen atoms in total. The molecule has 2 fully saturated rings. The van der Waals surface area contributed by atoms with E-state index >= 15 is 0 Å². The first-order valence-electron chi connectivity index (χ1n) is 9.55. The van der Waals surface area contributed by atoms with Gasteiger partial charge in [0, 0.05) is 45.8 Å². The van der Waals surface area contributed by atoms with Crippen LogP contribution in [-0.2, 0) is 16.1 Å². The van der Waals surface area contributed by atoms with Crippen LogP contribution in [0.4, 0.5) is 0 Å². The molecule has 3 rings (SSSR count). The van der Waals surface area contributed by atoms with Gasteiger partial charge in [-0.15, -0.1) is 0 Å². The lowest BCUT2D eigenvalue weighted by molar-refractivity contribution is -0.133. The maximum atomic E-state index is 12.4. The van der Waals surface area contributed by atoms with Gasteiger partial charge in [0.2, 0.25) is 5.91 Å². The quantitative estimate of drug-likeness (QED) is 0.748. The van der Waals surface area contributed by atoms with Crippen LogP contribution in [0, 0.1) is 0 Å². The van der Waals surface area contributed by atoms with Gasteiger partial charge in [-0.1, -0.05) is 12.1 Å². The van der Waals surface area contributed by atoms with Gasteiger partial charge in [-0.3, -0.25) is 14.6 Å². The van der Waals surface area contributed by atoms with E-state index in [-0.39, 0.29) is 11.9 Å². The van der Waals surface area contributed by atoms with E-state index in [4.69, 9.17) is 4.74 Å². The van der Waals surface area contributed by atoms with Crippen LogP contribution >= 0.6 is 0 Å². The molecule has 1 aromatic rings. The second-order valence-corrected chi connectivity index (χ2v) is 7.18. The third kappa shape index (κ3) is 5.05. The van der Waals surface area contributed by atoms with Gasteiger partial charge < -0.3 is 9.64 Å². The highest BCUT2D eigenvalue weighted by molar-refractivity contribution is 5.89. The maximum Gasteiger partial charge on any atom is 0.337 e. The molecular formula is C20H29N3O3. The monoisotopic (exact) mass is 359 g/mol. The number of piperidine rings is 1. The van der Waals surface area contributed by atoms with Crippen molar-refractivity contribution in [2.75, 3.05) is 52.9 Å². The smallest absolute Gasteiger partial charge is 0.337 e. The Morgan fingerprint density at radius 1 is 0.885 bits per heavy atom. The molecular weight excluding hydrogens is 330 g/mol. The molecule has 0 radical (unpaired) electrons. The Hall–Kier alpha value is -1.92. The number of likely N-dealkylation sites (tertiary alicyclic amines) is 1. The molecule has 2 saturated heterocycles. The lowest BCUT2D eigenvalue weighted by Crippen LogP contribution is -2.50. The first-order chi connectivity index (χ1) is 12.7. The molecule has 0 spiro atoms. The molecule has 1 aromatic carbocycles. The summed E-state index contributed by atoms with van der Waals surface area (Å²) in [5.74, 6) is -0.0138. The number of rotatable bonds is 5. The zero-order valence-electron chi connectivity index (χ0n) is 15.7. The van der Waals surface area contributed by atoms with Crippen molar-refractivity contribution in [2.45, 2.75) is 25.8 Å². The van der Waals surface area contributed by atoms with Crippen molar-refractivity contribution in [3.8, 4) is 0 Å². The first-order valence-corrected chi connectivity index (χ1v) is 9.55. The lowest BCUT2D eigenvalue weighted by Gasteiger charge is -2.36. The van der Waals surface area contributed by atoms with Crippen LogP contribution < -0.4 is 0 Å². The second-order valence-electron chi connectivity index (χ2n) is 7.18. The minimum absolute atomic E-state index is 0.288. The molecule has 1 amide bonds. The lowest BCUT2D eigenvalue weighted by atomic mass is 10.1. The van der Waals surface area contributed by atoms with E-state index in [1.165, 1.54) is 19.1 Å². The molecule has 0 N–H and O–H groups in total. The largest absolute Gasteiger partial charge is 0.465 e. The van der Waals surface area contributed by atoms with Crippen LogP contribution in [0.1, 0.15) is 35.2 Å². The number of hydrogen-bond donors (Lipinski definition) is 0. The zero-order valence-corrected chi connectivity index (χ0v) is 15.7. The van der Waals surface area contributed by atoms with Gasteiger partial charge >= 0.3 is 5.97 Å². The summed E-state index contributed by atoms with van der Waals surface area (Å²) in [6.45, 7) is 7.08. The molecule has 0 unspecified atom stereocenters. The molecule has 0 saturated carbocycles. The Kier molecular flexibility index (Phi) is 6.63. The SMILES string of the molecule is COC(=O)c1ccc(CN2CCN(CC(=O)N3CCCCC3)CC2)cc1. The molecule has 0 atom stereocenters. The van der Waals surface area contributed by atoms with Gasteiger partial charge in [-0.25, -0.2) is 4.79 Å². The zero-order chi connectivity index (χ0) is 18.4. The molecule has 2 aliphatic heterocycles. The summed E-state index contributed by atoms with van der Waals surface area (Å²) in [7, 11) is 1.39. The molecule has 0 aliphatic carbocycles. The number of hydrogen-bond acceptors (Lipinski definition) is 5. The number of nitrogens with zero attached hydrogens (tertiary/aromatic N) is 3. The fraction of sp³-hybridized carbons (Fsp3) is 0.600. The number of esters is 1.